The molecule has 15 nitrogen and oxygen atoms in total. The first-order valence-corrected chi connectivity index (χ1v) is 18.6. The predicted octanol–water partition coefficient (Wildman–Crippen LogP) is 4.77. The fourth-order valence-electron chi connectivity index (χ4n) is 8.91. The van der Waals surface area contributed by atoms with E-state index in [1.54, 1.807) is 18.5 Å². The third kappa shape index (κ3) is 5.88. The van der Waals surface area contributed by atoms with Crippen molar-refractivity contribution in [3.05, 3.63) is 97.6 Å². The van der Waals surface area contributed by atoms with Crippen LogP contribution in [0, 0.1) is 0 Å². The number of aromatic nitrogens is 7. The number of pyridine rings is 1. The average molecular weight is 734 g/mol. The lowest BCUT2D eigenvalue weighted by molar-refractivity contribution is 0.463. The Morgan fingerprint density at radius 2 is 1.31 bits per heavy atom. The molecule has 6 aromatic rings. The van der Waals surface area contributed by atoms with Crippen molar-refractivity contribution in [1.82, 2.24) is 35.3 Å². The van der Waals surface area contributed by atoms with E-state index in [0.717, 1.165) is 73.9 Å². The van der Waals surface area contributed by atoms with Gasteiger partial charge in [0.25, 0.3) is 0 Å². The zero-order valence-electron chi connectivity index (χ0n) is 29.9. The monoisotopic (exact) mass is 733 g/mol. The molecule has 0 saturated carbocycles. The second kappa shape index (κ2) is 13.3. The molecule has 4 fully saturated rings. The summed E-state index contributed by atoms with van der Waals surface area (Å²) in [5, 5.41) is 27.9. The number of ether oxygens (including phenoxy) is 1. The molecule has 10 rings (SSSR count). The number of hydrogen-bond acceptors (Lipinski definition) is 15. The number of aromatic hydroxyl groups is 1. The highest BCUT2D eigenvalue weighted by Gasteiger charge is 2.45. The second-order valence-corrected chi connectivity index (χ2v) is 14.6. The quantitative estimate of drug-likeness (QED) is 0.194. The van der Waals surface area contributed by atoms with Gasteiger partial charge in [0.15, 0.2) is 11.6 Å². The minimum atomic E-state index is 0.153. The number of phenolic OH excluding ortho intramolecular Hbond substituents is 1. The molecule has 4 aromatic heterocycles. The third-order valence-corrected chi connectivity index (χ3v) is 11.4. The molecule has 15 heteroatoms. The van der Waals surface area contributed by atoms with E-state index < -0.39 is 0 Å². The van der Waals surface area contributed by atoms with Crippen LogP contribution in [0.25, 0.3) is 22.5 Å². The smallest absolute Gasteiger partial charge is 0.221 e. The normalized spacial score (nSPS) is 21.4. The number of nitrogens with two attached hydrogens (primary N) is 2. The Labute approximate surface area is 317 Å². The second-order valence-electron chi connectivity index (χ2n) is 14.6. The van der Waals surface area contributed by atoms with Gasteiger partial charge >= 0.3 is 0 Å². The van der Waals surface area contributed by atoms with Crippen LogP contribution < -0.4 is 35.8 Å². The number of fused-ring (bicyclic) bond motifs is 4. The Morgan fingerprint density at radius 3 is 2.05 bits per heavy atom. The standard InChI is InChI=1S/C40H39N13O2/c41-39-33(50-19-24-12-13-25(20-50)53(24)28-17-43-23-44-18-28)15-32(47-48-39)30-7-2-4-9-36(30)55-38-11-5-10-37(45-38)52-22-26-14-27(52)21-51(26)34-16-31(46-49-40(34)42)29-6-1-3-8-35(29)54/h1-11,15-18,23-27,54H,12-14,19-22H2,(H2,41,48)(H2,42,49)/t24?,25?,26-,27-/m1/s1. The van der Waals surface area contributed by atoms with Crippen LogP contribution in [-0.4, -0.2) is 90.8 Å². The van der Waals surface area contributed by atoms with Gasteiger partial charge < -0.3 is 40.9 Å². The van der Waals surface area contributed by atoms with Crippen LogP contribution in [-0.2, 0) is 0 Å². The lowest BCUT2D eigenvalue weighted by atomic mass is 10.1. The van der Waals surface area contributed by atoms with Crippen LogP contribution in [0.2, 0.25) is 0 Å². The number of anilines is 6. The van der Waals surface area contributed by atoms with E-state index in [0.29, 0.717) is 52.3 Å². The lowest BCUT2D eigenvalue weighted by Gasteiger charge is -2.43. The maximum atomic E-state index is 10.4. The van der Waals surface area contributed by atoms with Crippen molar-refractivity contribution in [2.45, 2.75) is 43.4 Å². The van der Waals surface area contributed by atoms with Gasteiger partial charge in [-0.25, -0.2) is 9.97 Å². The van der Waals surface area contributed by atoms with Crippen LogP contribution in [0.3, 0.4) is 0 Å². The minimum absolute atomic E-state index is 0.153. The summed E-state index contributed by atoms with van der Waals surface area (Å²) in [7, 11) is 0. The van der Waals surface area contributed by atoms with E-state index in [9.17, 15) is 5.11 Å². The van der Waals surface area contributed by atoms with Crippen molar-refractivity contribution in [3.8, 4) is 39.9 Å². The van der Waals surface area contributed by atoms with Crippen LogP contribution in [0.4, 0.5) is 34.5 Å². The van der Waals surface area contributed by atoms with Crippen molar-refractivity contribution in [2.24, 2.45) is 0 Å². The average Bonchev–Trinajstić information content (AvgIpc) is 3.90. The van der Waals surface area contributed by atoms with Gasteiger partial charge in [-0.2, -0.15) is 4.98 Å². The largest absolute Gasteiger partial charge is 0.507 e. The number of nitrogen functional groups attached to an aromatic ring is 2. The first-order chi connectivity index (χ1) is 27.0. The van der Waals surface area contributed by atoms with Gasteiger partial charge in [-0.3, -0.25) is 0 Å². The van der Waals surface area contributed by atoms with Crippen LogP contribution in [0.15, 0.2) is 97.6 Å². The molecule has 2 unspecified atom stereocenters. The van der Waals surface area contributed by atoms with E-state index >= 15 is 0 Å². The predicted molar refractivity (Wildman–Crippen MR) is 210 cm³/mol. The van der Waals surface area contributed by atoms with Gasteiger partial charge in [-0.1, -0.05) is 30.3 Å². The minimum Gasteiger partial charge on any atom is -0.507 e. The van der Waals surface area contributed by atoms with E-state index in [4.69, 9.17) is 21.2 Å². The maximum absolute atomic E-state index is 10.4. The Kier molecular flexibility index (Phi) is 7.92. The maximum Gasteiger partial charge on any atom is 0.221 e. The van der Waals surface area contributed by atoms with Gasteiger partial charge in [-0.05, 0) is 61.7 Å². The summed E-state index contributed by atoms with van der Waals surface area (Å²) in [6, 6.07) is 25.9. The Hall–Kier alpha value is -6.77. The van der Waals surface area contributed by atoms with Crippen molar-refractivity contribution in [3.63, 3.8) is 0 Å². The van der Waals surface area contributed by atoms with E-state index in [-0.39, 0.29) is 17.8 Å². The molecule has 4 saturated heterocycles. The number of rotatable bonds is 8. The molecule has 55 heavy (non-hydrogen) atoms. The van der Waals surface area contributed by atoms with E-state index in [2.05, 4.69) is 50.0 Å². The third-order valence-electron chi connectivity index (χ3n) is 11.4. The van der Waals surface area contributed by atoms with Crippen molar-refractivity contribution in [1.29, 1.82) is 0 Å². The molecular formula is C40H39N13O2. The molecule has 0 spiro atoms. The molecule has 4 aliphatic rings. The van der Waals surface area contributed by atoms with Gasteiger partial charge in [0.05, 0.1) is 46.9 Å². The number of para-hydroxylation sites is 2. The fraction of sp³-hybridized carbons (Fsp3) is 0.275. The van der Waals surface area contributed by atoms with Gasteiger partial charge in [0.1, 0.15) is 23.6 Å². The van der Waals surface area contributed by atoms with E-state index in [1.165, 1.54) is 0 Å². The summed E-state index contributed by atoms with van der Waals surface area (Å²) in [5.74, 6) is 2.89. The molecule has 4 aliphatic heterocycles. The summed E-state index contributed by atoms with van der Waals surface area (Å²) < 4.78 is 6.51. The van der Waals surface area contributed by atoms with Crippen LogP contribution in [0.5, 0.6) is 17.4 Å². The SMILES string of the molecule is Nc1nnc(-c2ccccc2Oc2cccc(N3C[C@H]4C[C@@H]3CN4c3cc(-c4ccccc4O)nnc3N)n2)cc1N1CC2CCC(C1)N2c1cncnc1. The molecule has 0 amide bonds. The molecule has 276 valence electrons. The number of hydrogen-bond donors (Lipinski definition) is 3. The lowest BCUT2D eigenvalue weighted by Crippen LogP contribution is -2.54. The number of nitrogens with zero attached hydrogens (tertiary/aromatic N) is 11. The first kappa shape index (κ1) is 32.8. The molecule has 4 atom stereocenters. The van der Waals surface area contributed by atoms with Crippen molar-refractivity contribution < 1.29 is 9.84 Å². The zero-order valence-corrected chi connectivity index (χ0v) is 29.9. The zero-order chi connectivity index (χ0) is 37.0. The molecule has 5 N–H and O–H groups in total. The topological polar surface area (TPSA) is 185 Å². The van der Waals surface area contributed by atoms with Crippen molar-refractivity contribution >= 4 is 34.5 Å². The summed E-state index contributed by atoms with van der Waals surface area (Å²) in [6.07, 6.45) is 8.51. The summed E-state index contributed by atoms with van der Waals surface area (Å²) in [5.41, 5.74) is 18.3. The summed E-state index contributed by atoms with van der Waals surface area (Å²) >= 11 is 0. The number of benzene rings is 2. The van der Waals surface area contributed by atoms with Crippen LogP contribution >= 0.6 is 0 Å². The highest BCUT2D eigenvalue weighted by atomic mass is 16.5. The molecule has 2 aromatic carbocycles. The molecule has 4 bridgehead atoms. The Morgan fingerprint density at radius 1 is 0.655 bits per heavy atom. The number of phenols is 1. The molecule has 8 heterocycles. The molecular weight excluding hydrogens is 695 g/mol. The Bertz CT molecular complexity index is 2370. The van der Waals surface area contributed by atoms with E-state index in [1.807, 2.05) is 79.1 Å². The first-order valence-electron chi connectivity index (χ1n) is 18.6. The van der Waals surface area contributed by atoms with Gasteiger partial charge in [-0.15, -0.1) is 20.4 Å². The van der Waals surface area contributed by atoms with Gasteiger partial charge in [0, 0.05) is 61.5 Å². The summed E-state index contributed by atoms with van der Waals surface area (Å²) in [4.78, 5) is 22.9. The van der Waals surface area contributed by atoms with Crippen LogP contribution in [0.1, 0.15) is 19.3 Å². The Balaban J connectivity index is 0.858. The summed E-state index contributed by atoms with van der Waals surface area (Å²) in [6.45, 7) is 3.16. The fourth-order valence-corrected chi connectivity index (χ4v) is 8.91. The highest BCUT2D eigenvalue weighted by molar-refractivity contribution is 5.76. The number of piperazine rings is 2. The molecule has 0 radical (unpaired) electrons. The van der Waals surface area contributed by atoms with Crippen molar-refractivity contribution in [2.75, 3.05) is 57.2 Å². The molecule has 0 aliphatic carbocycles. The van der Waals surface area contributed by atoms with Gasteiger partial charge in [0.2, 0.25) is 5.88 Å². The highest BCUT2D eigenvalue weighted by Crippen LogP contribution is 2.42.